The van der Waals surface area contributed by atoms with Crippen LogP contribution in [0.5, 0.6) is 0 Å². The summed E-state index contributed by atoms with van der Waals surface area (Å²) >= 11 is 12.0. The molecule has 0 aromatic heterocycles. The molecule has 1 saturated heterocycles. The van der Waals surface area contributed by atoms with E-state index in [4.69, 9.17) is 27.9 Å². The number of amides is 1. The van der Waals surface area contributed by atoms with Crippen LogP contribution in [0.4, 0.5) is 4.79 Å². The first-order chi connectivity index (χ1) is 7.90. The molecule has 1 atom stereocenters. The van der Waals surface area contributed by atoms with Gasteiger partial charge in [-0.2, -0.15) is 0 Å². The van der Waals surface area contributed by atoms with E-state index in [1.807, 2.05) is 19.9 Å². The molecule has 2 rings (SSSR count). The van der Waals surface area contributed by atoms with Gasteiger partial charge in [0.25, 0.3) is 0 Å². The Morgan fingerprint density at radius 1 is 1.39 bits per heavy atom. The molecule has 0 aliphatic carbocycles. The summed E-state index contributed by atoms with van der Waals surface area (Å²) in [7, 11) is 0. The van der Waals surface area contributed by atoms with Crippen molar-refractivity contribution in [2.45, 2.75) is 19.9 Å². The lowest BCUT2D eigenvalue weighted by Crippen LogP contribution is -2.47. The molecule has 6 heteroatoms. The summed E-state index contributed by atoms with van der Waals surface area (Å²) < 4.78 is 4.99. The van der Waals surface area contributed by atoms with Gasteiger partial charge in [0.1, 0.15) is 6.61 Å². The molecular formula is C12H14Cl3NO2. The summed E-state index contributed by atoms with van der Waals surface area (Å²) in [5.41, 5.74) is 0.642. The maximum Gasteiger partial charge on any atom is 0.407 e. The van der Waals surface area contributed by atoms with E-state index in [-0.39, 0.29) is 23.9 Å². The highest BCUT2D eigenvalue weighted by molar-refractivity contribution is 6.35. The Bertz CT molecular complexity index is 463. The topological polar surface area (TPSA) is 38.3 Å². The zero-order valence-electron chi connectivity index (χ0n) is 10.00. The van der Waals surface area contributed by atoms with Crippen LogP contribution in [0.25, 0.3) is 0 Å². The van der Waals surface area contributed by atoms with Crippen molar-refractivity contribution in [2.24, 2.45) is 5.41 Å². The fraction of sp³-hybridized carbons (Fsp3) is 0.417. The number of rotatable bonds is 1. The predicted molar refractivity (Wildman–Crippen MR) is 74.7 cm³/mol. The van der Waals surface area contributed by atoms with Crippen LogP contribution in [0, 0.1) is 5.41 Å². The highest BCUT2D eigenvalue weighted by atomic mass is 35.5. The van der Waals surface area contributed by atoms with Crippen molar-refractivity contribution in [3.8, 4) is 0 Å². The highest BCUT2D eigenvalue weighted by Gasteiger charge is 2.38. The fourth-order valence-corrected chi connectivity index (χ4v) is 2.44. The molecule has 1 fully saturated rings. The first kappa shape index (κ1) is 15.4. The van der Waals surface area contributed by atoms with Crippen LogP contribution >= 0.6 is 35.6 Å². The molecule has 0 bridgehead atoms. The third-order valence-corrected chi connectivity index (χ3v) is 3.45. The molecule has 100 valence electrons. The zero-order valence-corrected chi connectivity index (χ0v) is 12.3. The number of hydrogen-bond acceptors (Lipinski definition) is 2. The summed E-state index contributed by atoms with van der Waals surface area (Å²) in [6, 6.07) is 5.10. The van der Waals surface area contributed by atoms with E-state index < -0.39 is 6.09 Å². The first-order valence-electron chi connectivity index (χ1n) is 5.28. The van der Waals surface area contributed by atoms with Crippen LogP contribution < -0.4 is 5.32 Å². The fourth-order valence-electron chi connectivity index (χ4n) is 1.92. The molecule has 1 heterocycles. The Morgan fingerprint density at radius 3 is 2.67 bits per heavy atom. The smallest absolute Gasteiger partial charge is 0.407 e. The predicted octanol–water partition coefficient (Wildman–Crippen LogP) is 4.22. The van der Waals surface area contributed by atoms with E-state index in [0.29, 0.717) is 16.7 Å². The van der Waals surface area contributed by atoms with Gasteiger partial charge in [0.05, 0.1) is 6.04 Å². The molecule has 1 aromatic rings. The number of benzene rings is 1. The van der Waals surface area contributed by atoms with E-state index in [1.165, 1.54) is 0 Å². The second kappa shape index (κ2) is 5.55. The van der Waals surface area contributed by atoms with Crippen molar-refractivity contribution in [1.29, 1.82) is 0 Å². The van der Waals surface area contributed by atoms with E-state index >= 15 is 0 Å². The second-order valence-corrected chi connectivity index (χ2v) is 5.65. The Kier molecular flexibility index (Phi) is 4.76. The quantitative estimate of drug-likeness (QED) is 0.843. The number of nitrogens with one attached hydrogen (secondary N) is 1. The number of carbonyl (C=O) groups excluding carboxylic acids is 1. The van der Waals surface area contributed by atoms with Gasteiger partial charge in [-0.1, -0.05) is 43.1 Å². The van der Waals surface area contributed by atoms with E-state index in [9.17, 15) is 4.79 Å². The molecule has 1 N–H and O–H groups in total. The summed E-state index contributed by atoms with van der Waals surface area (Å²) in [5, 5.41) is 3.93. The van der Waals surface area contributed by atoms with Crippen molar-refractivity contribution in [1.82, 2.24) is 5.32 Å². The Hall–Kier alpha value is -0.640. The summed E-state index contributed by atoms with van der Waals surface area (Å²) in [6.07, 6.45) is -0.416. The van der Waals surface area contributed by atoms with Gasteiger partial charge in [-0.05, 0) is 17.7 Å². The van der Waals surface area contributed by atoms with Crippen LogP contribution in [-0.4, -0.2) is 12.7 Å². The molecule has 1 aromatic carbocycles. The molecule has 0 saturated carbocycles. The Morgan fingerprint density at radius 2 is 2.06 bits per heavy atom. The van der Waals surface area contributed by atoms with Crippen LogP contribution in [0.3, 0.4) is 0 Å². The molecule has 1 aliphatic heterocycles. The van der Waals surface area contributed by atoms with Crippen LogP contribution in [0.15, 0.2) is 18.2 Å². The monoisotopic (exact) mass is 309 g/mol. The van der Waals surface area contributed by atoms with E-state index in [2.05, 4.69) is 5.32 Å². The number of ether oxygens (including phenoxy) is 1. The zero-order chi connectivity index (χ0) is 12.6. The molecule has 18 heavy (non-hydrogen) atoms. The lowest BCUT2D eigenvalue weighted by Gasteiger charge is -2.38. The van der Waals surface area contributed by atoms with Gasteiger partial charge >= 0.3 is 6.09 Å². The van der Waals surface area contributed by atoms with Crippen molar-refractivity contribution in [3.05, 3.63) is 33.8 Å². The summed E-state index contributed by atoms with van der Waals surface area (Å²) in [6.45, 7) is 4.40. The van der Waals surface area contributed by atoms with E-state index in [1.54, 1.807) is 12.1 Å². The summed E-state index contributed by atoms with van der Waals surface area (Å²) in [4.78, 5) is 11.3. The second-order valence-electron chi connectivity index (χ2n) is 4.81. The standard InChI is InChI=1S/C12H13Cl2NO2.ClH/c1-12(2)6-17-11(16)15-10(12)8-4-3-7(13)5-9(8)14;/h3-5,10H,6H2,1-2H3,(H,15,16);1H/t10-;/m0./s1. The van der Waals surface area contributed by atoms with Gasteiger partial charge in [-0.15, -0.1) is 12.4 Å². The van der Waals surface area contributed by atoms with Crippen LogP contribution in [0.2, 0.25) is 10.0 Å². The minimum Gasteiger partial charge on any atom is -0.449 e. The van der Waals surface area contributed by atoms with Gasteiger partial charge in [0.15, 0.2) is 0 Å². The number of alkyl carbamates (subject to hydrolysis) is 1. The number of carbonyl (C=O) groups is 1. The van der Waals surface area contributed by atoms with Gasteiger partial charge < -0.3 is 10.1 Å². The average Bonchev–Trinajstić information content (AvgIpc) is 2.23. The van der Waals surface area contributed by atoms with Crippen molar-refractivity contribution in [3.63, 3.8) is 0 Å². The largest absolute Gasteiger partial charge is 0.449 e. The van der Waals surface area contributed by atoms with Crippen LogP contribution in [0.1, 0.15) is 25.5 Å². The first-order valence-corrected chi connectivity index (χ1v) is 6.04. The third-order valence-electron chi connectivity index (χ3n) is 2.89. The maximum absolute atomic E-state index is 11.3. The molecular weight excluding hydrogens is 296 g/mol. The molecule has 1 aliphatic rings. The minimum atomic E-state index is -0.416. The lowest BCUT2D eigenvalue weighted by molar-refractivity contribution is 0.0388. The molecule has 0 radical (unpaired) electrons. The van der Waals surface area contributed by atoms with Crippen LogP contribution in [-0.2, 0) is 4.74 Å². The van der Waals surface area contributed by atoms with Crippen molar-refractivity contribution < 1.29 is 9.53 Å². The van der Waals surface area contributed by atoms with Crippen molar-refractivity contribution >= 4 is 41.7 Å². The molecule has 0 spiro atoms. The lowest BCUT2D eigenvalue weighted by atomic mass is 9.80. The van der Waals surface area contributed by atoms with Gasteiger partial charge in [-0.25, -0.2) is 4.79 Å². The number of hydrogen-bond donors (Lipinski definition) is 1. The highest BCUT2D eigenvalue weighted by Crippen LogP contribution is 2.39. The minimum absolute atomic E-state index is 0. The van der Waals surface area contributed by atoms with Gasteiger partial charge in [0, 0.05) is 15.5 Å². The number of halogens is 3. The SMILES string of the molecule is CC1(C)COC(=O)N[C@H]1c1ccc(Cl)cc1Cl.Cl. The summed E-state index contributed by atoms with van der Waals surface area (Å²) in [5.74, 6) is 0. The molecule has 0 unspecified atom stereocenters. The normalized spacial score (nSPS) is 21.6. The Balaban J connectivity index is 0.00000162. The molecule has 3 nitrogen and oxygen atoms in total. The van der Waals surface area contributed by atoms with Gasteiger partial charge in [-0.3, -0.25) is 0 Å². The third kappa shape index (κ3) is 3.02. The number of cyclic esters (lactones) is 1. The van der Waals surface area contributed by atoms with E-state index in [0.717, 1.165) is 5.56 Å². The average molecular weight is 311 g/mol. The van der Waals surface area contributed by atoms with Crippen molar-refractivity contribution in [2.75, 3.05) is 6.61 Å². The van der Waals surface area contributed by atoms with Gasteiger partial charge in [0.2, 0.25) is 0 Å². The Labute approximate surface area is 122 Å². The molecule has 1 amide bonds. The maximum atomic E-state index is 11.3.